The number of rotatable bonds is 7. The van der Waals surface area contributed by atoms with Crippen LogP contribution >= 0.6 is 0 Å². The van der Waals surface area contributed by atoms with Gasteiger partial charge in [-0.15, -0.1) is 0 Å². The van der Waals surface area contributed by atoms with Gasteiger partial charge in [-0.05, 0) is 32.9 Å². The third-order valence-corrected chi connectivity index (χ3v) is 5.02. The Morgan fingerprint density at radius 3 is 2.82 bits per heavy atom. The van der Waals surface area contributed by atoms with Gasteiger partial charge >= 0.3 is 0 Å². The Morgan fingerprint density at radius 1 is 1.43 bits per heavy atom. The molecular formula is C20H29N5O3. The minimum atomic E-state index is -0.498. The number of aromatic nitrogens is 2. The highest BCUT2D eigenvalue weighted by Crippen LogP contribution is 2.18. The van der Waals surface area contributed by atoms with Crippen molar-refractivity contribution in [2.24, 2.45) is 7.05 Å². The first kappa shape index (κ1) is 20.1. The van der Waals surface area contributed by atoms with E-state index in [1.807, 2.05) is 51.0 Å². The molecule has 1 atom stereocenters. The van der Waals surface area contributed by atoms with Crippen LogP contribution in [0.2, 0.25) is 0 Å². The number of nitrogens with one attached hydrogen (secondary N) is 1. The van der Waals surface area contributed by atoms with Crippen molar-refractivity contribution in [3.05, 3.63) is 41.6 Å². The summed E-state index contributed by atoms with van der Waals surface area (Å²) in [7, 11) is 1.85. The molecular weight excluding hydrogens is 358 g/mol. The van der Waals surface area contributed by atoms with Crippen molar-refractivity contribution in [1.82, 2.24) is 24.9 Å². The molecule has 8 heteroatoms. The second-order valence-corrected chi connectivity index (χ2v) is 7.63. The van der Waals surface area contributed by atoms with E-state index in [9.17, 15) is 9.59 Å². The molecule has 8 nitrogen and oxygen atoms in total. The van der Waals surface area contributed by atoms with E-state index in [0.717, 1.165) is 17.1 Å². The lowest BCUT2D eigenvalue weighted by Crippen LogP contribution is -2.56. The van der Waals surface area contributed by atoms with Crippen LogP contribution in [0, 0.1) is 6.92 Å². The molecule has 152 valence electrons. The Hall–Kier alpha value is -2.61. The van der Waals surface area contributed by atoms with Crippen molar-refractivity contribution < 1.29 is 14.0 Å². The monoisotopic (exact) mass is 387 g/mol. The molecule has 1 N–H and O–H groups in total. The van der Waals surface area contributed by atoms with Gasteiger partial charge < -0.3 is 14.6 Å². The van der Waals surface area contributed by atoms with E-state index in [4.69, 9.17) is 4.42 Å². The molecule has 1 saturated heterocycles. The molecule has 2 aromatic rings. The molecule has 28 heavy (non-hydrogen) atoms. The van der Waals surface area contributed by atoms with Crippen molar-refractivity contribution >= 4 is 11.8 Å². The van der Waals surface area contributed by atoms with Gasteiger partial charge in [0.1, 0.15) is 11.5 Å². The van der Waals surface area contributed by atoms with E-state index in [1.54, 1.807) is 15.8 Å². The van der Waals surface area contributed by atoms with E-state index in [1.165, 1.54) is 0 Å². The molecule has 0 radical (unpaired) electrons. The molecule has 0 unspecified atom stereocenters. The van der Waals surface area contributed by atoms with Crippen LogP contribution in [0.5, 0.6) is 0 Å². The highest BCUT2D eigenvalue weighted by Gasteiger charge is 2.34. The second-order valence-electron chi connectivity index (χ2n) is 7.63. The van der Waals surface area contributed by atoms with Crippen LogP contribution in [-0.2, 0) is 29.7 Å². The lowest BCUT2D eigenvalue weighted by Gasteiger charge is -2.36. The van der Waals surface area contributed by atoms with Gasteiger partial charge in [0.25, 0.3) is 0 Å². The van der Waals surface area contributed by atoms with Crippen molar-refractivity contribution in [2.45, 2.75) is 52.4 Å². The second kappa shape index (κ2) is 8.60. The van der Waals surface area contributed by atoms with Gasteiger partial charge in [0.15, 0.2) is 0 Å². The molecule has 1 aliphatic rings. The fourth-order valence-corrected chi connectivity index (χ4v) is 3.54. The van der Waals surface area contributed by atoms with Crippen LogP contribution in [0.3, 0.4) is 0 Å². The van der Waals surface area contributed by atoms with E-state index >= 15 is 0 Å². The van der Waals surface area contributed by atoms with Crippen molar-refractivity contribution in [3.8, 4) is 0 Å². The quantitative estimate of drug-likeness (QED) is 0.777. The molecule has 2 aromatic heterocycles. The summed E-state index contributed by atoms with van der Waals surface area (Å²) in [5.41, 5.74) is 0.973. The third-order valence-electron chi connectivity index (χ3n) is 5.02. The molecule has 2 amide bonds. The molecule has 1 aliphatic heterocycles. The van der Waals surface area contributed by atoms with Crippen LogP contribution in [0.15, 0.2) is 28.9 Å². The summed E-state index contributed by atoms with van der Waals surface area (Å²) in [6, 6.07) is 3.36. The maximum atomic E-state index is 13.1. The highest BCUT2D eigenvalue weighted by atomic mass is 16.3. The van der Waals surface area contributed by atoms with Crippen LogP contribution in [0.4, 0.5) is 0 Å². The van der Waals surface area contributed by atoms with Crippen LogP contribution < -0.4 is 5.32 Å². The average Bonchev–Trinajstić information content (AvgIpc) is 3.23. The largest absolute Gasteiger partial charge is 0.465 e. The Bertz CT molecular complexity index is 825. The van der Waals surface area contributed by atoms with Gasteiger partial charge in [0.05, 0.1) is 25.2 Å². The molecule has 3 rings (SSSR count). The highest BCUT2D eigenvalue weighted by molar-refractivity contribution is 5.89. The van der Waals surface area contributed by atoms with Gasteiger partial charge in [-0.3, -0.25) is 19.2 Å². The molecule has 0 aliphatic carbocycles. The van der Waals surface area contributed by atoms with E-state index in [2.05, 4.69) is 10.4 Å². The number of nitrogens with zero attached hydrogens (tertiary/aromatic N) is 4. The smallest absolute Gasteiger partial charge is 0.237 e. The normalized spacial score (nSPS) is 17.8. The minimum Gasteiger partial charge on any atom is -0.465 e. The van der Waals surface area contributed by atoms with E-state index < -0.39 is 6.04 Å². The summed E-state index contributed by atoms with van der Waals surface area (Å²) in [5.74, 6) is 1.50. The van der Waals surface area contributed by atoms with Crippen molar-refractivity contribution in [3.63, 3.8) is 0 Å². The van der Waals surface area contributed by atoms with E-state index in [-0.39, 0.29) is 24.3 Å². The maximum Gasteiger partial charge on any atom is 0.237 e. The number of hydrogen-bond acceptors (Lipinski definition) is 5. The summed E-state index contributed by atoms with van der Waals surface area (Å²) in [6.45, 7) is 8.13. The zero-order valence-corrected chi connectivity index (χ0v) is 17.0. The predicted octanol–water partition coefficient (Wildman–Crippen LogP) is 1.45. The Balaban J connectivity index is 1.70. The SMILES string of the molecule is Cc1ccc(CN2CCNC(=O)[C@@H]2CC(=O)N(Cc2cnn(C)c2)C(C)C)o1. The van der Waals surface area contributed by atoms with Crippen molar-refractivity contribution in [1.29, 1.82) is 0 Å². The number of amides is 2. The third kappa shape index (κ3) is 4.81. The van der Waals surface area contributed by atoms with Gasteiger partial charge in [-0.1, -0.05) is 0 Å². The predicted molar refractivity (Wildman–Crippen MR) is 104 cm³/mol. The molecule has 0 spiro atoms. The summed E-state index contributed by atoms with van der Waals surface area (Å²) < 4.78 is 7.39. The molecule has 0 saturated carbocycles. The molecule has 3 heterocycles. The number of piperazine rings is 1. The Morgan fingerprint density at radius 2 is 2.21 bits per heavy atom. The number of furan rings is 1. The van der Waals surface area contributed by atoms with E-state index in [0.29, 0.717) is 26.2 Å². The summed E-state index contributed by atoms with van der Waals surface area (Å²) in [4.78, 5) is 29.4. The molecule has 0 aromatic carbocycles. The zero-order valence-electron chi connectivity index (χ0n) is 17.0. The molecule has 1 fully saturated rings. The van der Waals surface area contributed by atoms with Gasteiger partial charge in [0.2, 0.25) is 11.8 Å². The van der Waals surface area contributed by atoms with Gasteiger partial charge in [-0.25, -0.2) is 0 Å². The first-order chi connectivity index (χ1) is 13.3. The van der Waals surface area contributed by atoms with Crippen molar-refractivity contribution in [2.75, 3.05) is 13.1 Å². The Kier molecular flexibility index (Phi) is 6.18. The lowest BCUT2D eigenvalue weighted by molar-refractivity contribution is -0.140. The maximum absolute atomic E-state index is 13.1. The van der Waals surface area contributed by atoms with Crippen LogP contribution in [0.25, 0.3) is 0 Å². The zero-order chi connectivity index (χ0) is 20.3. The van der Waals surface area contributed by atoms with Crippen LogP contribution in [-0.4, -0.2) is 56.6 Å². The number of carbonyl (C=O) groups excluding carboxylic acids is 2. The minimum absolute atomic E-state index is 0.0283. The lowest BCUT2D eigenvalue weighted by atomic mass is 10.1. The number of aryl methyl sites for hydroxylation is 2. The van der Waals surface area contributed by atoms with Gasteiger partial charge in [0, 0.05) is 44.5 Å². The number of carbonyl (C=O) groups is 2. The van der Waals surface area contributed by atoms with Crippen LogP contribution in [0.1, 0.15) is 37.4 Å². The van der Waals surface area contributed by atoms with Gasteiger partial charge in [-0.2, -0.15) is 5.10 Å². The Labute approximate surface area is 165 Å². The standard InChI is InChI=1S/C20H29N5O3/c1-14(2)25(12-16-10-22-23(4)11-16)19(26)9-18-20(27)21-7-8-24(18)13-17-6-5-15(3)28-17/h5-6,10-11,14,18H,7-9,12-13H2,1-4H3,(H,21,27)/t18-/m0/s1. The number of hydrogen-bond donors (Lipinski definition) is 1. The average molecular weight is 387 g/mol. The first-order valence-electron chi connectivity index (χ1n) is 9.67. The topological polar surface area (TPSA) is 83.6 Å². The summed E-state index contributed by atoms with van der Waals surface area (Å²) >= 11 is 0. The summed E-state index contributed by atoms with van der Waals surface area (Å²) in [5, 5.41) is 7.06. The summed E-state index contributed by atoms with van der Waals surface area (Å²) in [6.07, 6.45) is 3.81. The fourth-order valence-electron chi connectivity index (χ4n) is 3.54. The first-order valence-corrected chi connectivity index (χ1v) is 9.67. The fraction of sp³-hybridized carbons (Fsp3) is 0.550. The molecule has 0 bridgehead atoms.